The summed E-state index contributed by atoms with van der Waals surface area (Å²) in [5, 5.41) is 0. The van der Waals surface area contributed by atoms with Crippen molar-refractivity contribution in [1.82, 2.24) is 9.55 Å². The summed E-state index contributed by atoms with van der Waals surface area (Å²) in [7, 11) is 0. The van der Waals surface area contributed by atoms with Gasteiger partial charge >= 0.3 is 0 Å². The predicted molar refractivity (Wildman–Crippen MR) is 76.8 cm³/mol. The van der Waals surface area contributed by atoms with Gasteiger partial charge in [0.2, 0.25) is 0 Å². The Morgan fingerprint density at radius 1 is 1.35 bits per heavy atom. The molecule has 0 aliphatic carbocycles. The highest BCUT2D eigenvalue weighted by molar-refractivity contribution is 7.79. The van der Waals surface area contributed by atoms with Gasteiger partial charge in [0, 0.05) is 12.3 Å². The number of thiol groups is 1. The second-order valence-corrected chi connectivity index (χ2v) is 5.06. The van der Waals surface area contributed by atoms with Crippen molar-refractivity contribution >= 4 is 23.7 Å². The molecule has 1 heterocycles. The molecule has 0 N–H and O–H groups in total. The zero-order valence-corrected chi connectivity index (χ0v) is 11.7. The SMILES string of the molecule is CCCn1c(CS)nc2cc(C(C)C)ccc21. The first-order valence-corrected chi connectivity index (χ1v) is 6.90. The fourth-order valence-electron chi connectivity index (χ4n) is 2.15. The van der Waals surface area contributed by atoms with Crippen molar-refractivity contribution in [2.24, 2.45) is 0 Å². The summed E-state index contributed by atoms with van der Waals surface area (Å²) in [4.78, 5) is 4.68. The standard InChI is InChI=1S/C14H20N2S/c1-4-7-16-13-6-5-11(10(2)3)8-12(13)15-14(16)9-17/h5-6,8,10,17H,4,7,9H2,1-3H3. The van der Waals surface area contributed by atoms with Gasteiger partial charge in [-0.2, -0.15) is 12.6 Å². The molecule has 92 valence electrons. The normalized spacial score (nSPS) is 11.6. The van der Waals surface area contributed by atoms with Crippen LogP contribution in [0.15, 0.2) is 18.2 Å². The van der Waals surface area contributed by atoms with Gasteiger partial charge in [-0.25, -0.2) is 4.98 Å². The van der Waals surface area contributed by atoms with Crippen molar-refractivity contribution in [3.63, 3.8) is 0 Å². The van der Waals surface area contributed by atoms with Gasteiger partial charge in [-0.3, -0.25) is 0 Å². The second-order valence-electron chi connectivity index (χ2n) is 4.74. The van der Waals surface area contributed by atoms with Crippen LogP contribution in [0.2, 0.25) is 0 Å². The van der Waals surface area contributed by atoms with Crippen molar-refractivity contribution in [3.05, 3.63) is 29.6 Å². The van der Waals surface area contributed by atoms with Gasteiger partial charge in [-0.15, -0.1) is 0 Å². The van der Waals surface area contributed by atoms with Crippen LogP contribution in [0.4, 0.5) is 0 Å². The molecule has 0 bridgehead atoms. The van der Waals surface area contributed by atoms with E-state index in [-0.39, 0.29) is 0 Å². The number of aromatic nitrogens is 2. The van der Waals surface area contributed by atoms with Crippen molar-refractivity contribution in [3.8, 4) is 0 Å². The van der Waals surface area contributed by atoms with Crippen LogP contribution in [0.25, 0.3) is 11.0 Å². The van der Waals surface area contributed by atoms with Crippen LogP contribution in [0.3, 0.4) is 0 Å². The maximum Gasteiger partial charge on any atom is 0.119 e. The monoisotopic (exact) mass is 248 g/mol. The Hall–Kier alpha value is -0.960. The smallest absolute Gasteiger partial charge is 0.119 e. The summed E-state index contributed by atoms with van der Waals surface area (Å²) in [6, 6.07) is 6.61. The van der Waals surface area contributed by atoms with Crippen LogP contribution in [0.5, 0.6) is 0 Å². The third-order valence-corrected chi connectivity index (χ3v) is 3.39. The van der Waals surface area contributed by atoms with E-state index in [0.29, 0.717) is 11.7 Å². The number of nitrogens with zero attached hydrogens (tertiary/aromatic N) is 2. The topological polar surface area (TPSA) is 17.8 Å². The molecule has 1 aromatic carbocycles. The number of rotatable bonds is 4. The molecule has 0 aliphatic heterocycles. The lowest BCUT2D eigenvalue weighted by atomic mass is 10.0. The van der Waals surface area contributed by atoms with E-state index in [4.69, 9.17) is 0 Å². The summed E-state index contributed by atoms with van der Waals surface area (Å²) >= 11 is 4.37. The average Bonchev–Trinajstić information content (AvgIpc) is 2.67. The number of hydrogen-bond acceptors (Lipinski definition) is 2. The average molecular weight is 248 g/mol. The number of aryl methyl sites for hydroxylation is 1. The largest absolute Gasteiger partial charge is 0.327 e. The Morgan fingerprint density at radius 3 is 2.71 bits per heavy atom. The van der Waals surface area contributed by atoms with E-state index in [9.17, 15) is 0 Å². The number of fused-ring (bicyclic) bond motifs is 1. The lowest BCUT2D eigenvalue weighted by Crippen LogP contribution is -2.01. The van der Waals surface area contributed by atoms with E-state index in [0.717, 1.165) is 24.3 Å². The van der Waals surface area contributed by atoms with Crippen LogP contribution in [-0.2, 0) is 12.3 Å². The highest BCUT2D eigenvalue weighted by atomic mass is 32.1. The quantitative estimate of drug-likeness (QED) is 0.810. The van der Waals surface area contributed by atoms with Crippen LogP contribution in [0, 0.1) is 0 Å². The first-order chi connectivity index (χ1) is 8.17. The molecule has 0 atom stereocenters. The van der Waals surface area contributed by atoms with Crippen molar-refractivity contribution in [1.29, 1.82) is 0 Å². The molecule has 1 aromatic heterocycles. The van der Waals surface area contributed by atoms with Gasteiger partial charge in [-0.1, -0.05) is 26.8 Å². The van der Waals surface area contributed by atoms with Gasteiger partial charge in [0.25, 0.3) is 0 Å². The fraction of sp³-hybridized carbons (Fsp3) is 0.500. The Labute approximate surface area is 108 Å². The Morgan fingerprint density at radius 2 is 2.12 bits per heavy atom. The molecule has 0 amide bonds. The molecule has 0 unspecified atom stereocenters. The minimum absolute atomic E-state index is 0.551. The van der Waals surface area contributed by atoms with Crippen molar-refractivity contribution < 1.29 is 0 Å². The minimum atomic E-state index is 0.551. The Kier molecular flexibility index (Phi) is 3.77. The lowest BCUT2D eigenvalue weighted by Gasteiger charge is -2.07. The van der Waals surface area contributed by atoms with Gasteiger partial charge in [-0.05, 0) is 30.0 Å². The molecule has 0 fully saturated rings. The lowest BCUT2D eigenvalue weighted by molar-refractivity contribution is 0.673. The third-order valence-electron chi connectivity index (χ3n) is 3.11. The Balaban J connectivity index is 2.57. The van der Waals surface area contributed by atoms with Gasteiger partial charge < -0.3 is 4.57 Å². The first-order valence-electron chi connectivity index (χ1n) is 6.27. The maximum absolute atomic E-state index is 4.68. The van der Waals surface area contributed by atoms with E-state index in [1.54, 1.807) is 0 Å². The molecule has 2 rings (SSSR count). The van der Waals surface area contributed by atoms with Crippen molar-refractivity contribution in [2.75, 3.05) is 0 Å². The van der Waals surface area contributed by atoms with Crippen LogP contribution in [0.1, 0.15) is 44.5 Å². The summed E-state index contributed by atoms with van der Waals surface area (Å²) in [6.45, 7) is 7.64. The van der Waals surface area contributed by atoms with E-state index >= 15 is 0 Å². The summed E-state index contributed by atoms with van der Waals surface area (Å²) in [6.07, 6.45) is 1.12. The molecule has 17 heavy (non-hydrogen) atoms. The maximum atomic E-state index is 4.68. The molecular formula is C14H20N2S. The molecule has 0 saturated carbocycles. The predicted octanol–water partition coefficient (Wildman–Crippen LogP) is 4.00. The first kappa shape index (κ1) is 12.5. The molecule has 3 heteroatoms. The summed E-state index contributed by atoms with van der Waals surface area (Å²) in [5.74, 6) is 2.33. The van der Waals surface area contributed by atoms with E-state index in [1.807, 2.05) is 0 Å². The fourth-order valence-corrected chi connectivity index (χ4v) is 2.39. The molecular weight excluding hydrogens is 228 g/mol. The molecule has 0 aliphatic rings. The van der Waals surface area contributed by atoms with Gasteiger partial charge in [0.15, 0.2) is 0 Å². The second kappa shape index (κ2) is 5.13. The highest BCUT2D eigenvalue weighted by Crippen LogP contribution is 2.23. The minimum Gasteiger partial charge on any atom is -0.327 e. The van der Waals surface area contributed by atoms with Crippen molar-refractivity contribution in [2.45, 2.75) is 45.4 Å². The van der Waals surface area contributed by atoms with Crippen LogP contribution >= 0.6 is 12.6 Å². The van der Waals surface area contributed by atoms with E-state index < -0.39 is 0 Å². The molecule has 0 spiro atoms. The molecule has 0 radical (unpaired) electrons. The summed E-state index contributed by atoms with van der Waals surface area (Å²) in [5.41, 5.74) is 3.69. The highest BCUT2D eigenvalue weighted by Gasteiger charge is 2.10. The zero-order chi connectivity index (χ0) is 12.4. The molecule has 2 nitrogen and oxygen atoms in total. The van der Waals surface area contributed by atoms with Crippen LogP contribution < -0.4 is 0 Å². The van der Waals surface area contributed by atoms with Crippen LogP contribution in [-0.4, -0.2) is 9.55 Å². The molecule has 2 aromatic rings. The molecule has 0 saturated heterocycles. The zero-order valence-electron chi connectivity index (χ0n) is 10.8. The number of benzene rings is 1. The number of imidazole rings is 1. The summed E-state index contributed by atoms with van der Waals surface area (Å²) < 4.78 is 2.28. The third kappa shape index (κ3) is 2.34. The van der Waals surface area contributed by atoms with Gasteiger partial charge in [0.1, 0.15) is 5.82 Å². The van der Waals surface area contributed by atoms with E-state index in [1.165, 1.54) is 11.1 Å². The Bertz CT molecular complexity index is 514. The van der Waals surface area contributed by atoms with Gasteiger partial charge in [0.05, 0.1) is 11.0 Å². The number of hydrogen-bond donors (Lipinski definition) is 1. The van der Waals surface area contributed by atoms with E-state index in [2.05, 4.69) is 61.2 Å².